The van der Waals surface area contributed by atoms with Gasteiger partial charge in [-0.2, -0.15) is 4.98 Å². The minimum Gasteiger partial charge on any atom is -0.507 e. The molecule has 2 aliphatic rings. The number of amides is 1. The maximum absolute atomic E-state index is 14.1. The minimum absolute atomic E-state index is 0.0559. The van der Waals surface area contributed by atoms with Crippen molar-refractivity contribution in [1.29, 1.82) is 0 Å². The van der Waals surface area contributed by atoms with E-state index < -0.39 is 5.69 Å². The second kappa shape index (κ2) is 10.7. The van der Waals surface area contributed by atoms with E-state index in [9.17, 15) is 14.7 Å². The van der Waals surface area contributed by atoms with Crippen molar-refractivity contribution in [3.8, 4) is 22.7 Å². The number of hydrogen-bond donors (Lipinski definition) is 1. The SMILES string of the molecule is C=CC(=O)N1CCN(c2nc(=O)n(-c3c(C)ccnc3C(C)C)c3nc(-c4ccccc4O)c(C4CC4)cc23)[C@@H](C)C1. The van der Waals surface area contributed by atoms with Gasteiger partial charge in [-0.05, 0) is 80.0 Å². The van der Waals surface area contributed by atoms with Crippen molar-refractivity contribution in [2.45, 2.75) is 58.4 Å². The molecule has 216 valence electrons. The van der Waals surface area contributed by atoms with Gasteiger partial charge in [-0.25, -0.2) is 14.3 Å². The molecule has 1 aliphatic heterocycles. The highest BCUT2D eigenvalue weighted by atomic mass is 16.3. The van der Waals surface area contributed by atoms with Crippen molar-refractivity contribution < 1.29 is 9.90 Å². The molecule has 4 heterocycles. The second-order valence-electron chi connectivity index (χ2n) is 11.7. The smallest absolute Gasteiger partial charge is 0.355 e. The molecule has 2 fully saturated rings. The van der Waals surface area contributed by atoms with Crippen LogP contribution in [0.1, 0.15) is 62.3 Å². The number of carbonyl (C=O) groups excluding carboxylic acids is 1. The zero-order chi connectivity index (χ0) is 29.7. The molecule has 9 nitrogen and oxygen atoms in total. The highest BCUT2D eigenvalue weighted by Crippen LogP contribution is 2.47. The molecule has 0 bridgehead atoms. The van der Waals surface area contributed by atoms with Gasteiger partial charge in [0.2, 0.25) is 5.91 Å². The predicted molar refractivity (Wildman–Crippen MR) is 164 cm³/mol. The summed E-state index contributed by atoms with van der Waals surface area (Å²) < 4.78 is 1.60. The number of aromatic hydroxyl groups is 1. The Bertz CT molecular complexity index is 1770. The lowest BCUT2D eigenvalue weighted by Gasteiger charge is -2.40. The number of nitrogens with zero attached hydrogens (tertiary/aromatic N) is 6. The maximum atomic E-state index is 14.1. The average Bonchev–Trinajstić information content (AvgIpc) is 3.82. The van der Waals surface area contributed by atoms with Crippen LogP contribution in [0.2, 0.25) is 0 Å². The Morgan fingerprint density at radius 1 is 1.14 bits per heavy atom. The van der Waals surface area contributed by atoms with E-state index in [4.69, 9.17) is 9.97 Å². The van der Waals surface area contributed by atoms with E-state index in [0.717, 1.165) is 35.0 Å². The highest BCUT2D eigenvalue weighted by Gasteiger charge is 2.33. The van der Waals surface area contributed by atoms with Gasteiger partial charge in [0.15, 0.2) is 5.65 Å². The molecular formula is C33H36N6O3. The van der Waals surface area contributed by atoms with E-state index in [0.29, 0.717) is 54.0 Å². The van der Waals surface area contributed by atoms with E-state index in [1.165, 1.54) is 6.08 Å². The van der Waals surface area contributed by atoms with Crippen molar-refractivity contribution >= 4 is 22.8 Å². The third-order valence-electron chi connectivity index (χ3n) is 8.36. The summed E-state index contributed by atoms with van der Waals surface area (Å²) in [5.74, 6) is 0.978. The van der Waals surface area contributed by atoms with E-state index in [1.54, 1.807) is 27.8 Å². The fraction of sp³-hybridized carbons (Fsp3) is 0.364. The molecule has 0 spiro atoms. The van der Waals surface area contributed by atoms with E-state index in [1.807, 2.05) is 32.0 Å². The van der Waals surface area contributed by atoms with Crippen LogP contribution < -0.4 is 10.6 Å². The van der Waals surface area contributed by atoms with Crippen molar-refractivity contribution in [2.75, 3.05) is 24.5 Å². The molecule has 9 heteroatoms. The first-order chi connectivity index (χ1) is 20.2. The topological polar surface area (TPSA) is 104 Å². The van der Waals surface area contributed by atoms with Gasteiger partial charge in [-0.15, -0.1) is 0 Å². The summed E-state index contributed by atoms with van der Waals surface area (Å²) in [5.41, 5.74) is 4.75. The Morgan fingerprint density at radius 3 is 2.57 bits per heavy atom. The normalized spacial score (nSPS) is 17.2. The number of anilines is 1. The Kier molecular flexibility index (Phi) is 7.04. The molecule has 1 saturated heterocycles. The van der Waals surface area contributed by atoms with E-state index >= 15 is 0 Å². The number of piperazine rings is 1. The fourth-order valence-electron chi connectivity index (χ4n) is 6.05. The maximum Gasteiger partial charge on any atom is 0.355 e. The van der Waals surface area contributed by atoms with Gasteiger partial charge >= 0.3 is 5.69 Å². The molecule has 1 N–H and O–H groups in total. The lowest BCUT2D eigenvalue weighted by molar-refractivity contribution is -0.126. The Morgan fingerprint density at radius 2 is 1.90 bits per heavy atom. The third-order valence-corrected chi connectivity index (χ3v) is 8.36. The quantitative estimate of drug-likeness (QED) is 0.326. The van der Waals surface area contributed by atoms with Crippen LogP contribution in [-0.2, 0) is 4.79 Å². The van der Waals surface area contributed by atoms with Crippen molar-refractivity contribution in [3.05, 3.63) is 82.6 Å². The predicted octanol–water partition coefficient (Wildman–Crippen LogP) is 5.08. The summed E-state index contributed by atoms with van der Waals surface area (Å²) in [6.45, 7) is 13.3. The number of benzene rings is 1. The zero-order valence-corrected chi connectivity index (χ0v) is 24.5. The first kappa shape index (κ1) is 27.6. The average molecular weight is 565 g/mol. The number of aryl methyl sites for hydroxylation is 1. The van der Waals surface area contributed by atoms with E-state index in [-0.39, 0.29) is 23.6 Å². The summed E-state index contributed by atoms with van der Waals surface area (Å²) in [7, 11) is 0. The minimum atomic E-state index is -0.442. The number of phenolic OH excluding ortho intramolecular Hbond substituents is 1. The van der Waals surface area contributed by atoms with Gasteiger partial charge in [0.25, 0.3) is 0 Å². The standard InChI is InChI=1S/C33H36N6O3/c1-6-27(41)37-15-16-38(21(5)18-37)31-25-17-24(22-11-12-22)29(23-9-7-8-10-26(23)40)35-32(25)39(33(42)36-31)30-20(4)13-14-34-28(30)19(2)3/h6-10,13-14,17,19,21-22,40H,1,11-12,15-16,18H2,2-5H3/t21-/m0/s1. The Hall–Kier alpha value is -4.53. The molecule has 1 aromatic carbocycles. The van der Waals surface area contributed by atoms with Gasteiger partial charge in [-0.1, -0.05) is 32.6 Å². The molecular weight excluding hydrogens is 528 g/mol. The molecule has 0 radical (unpaired) electrons. The highest BCUT2D eigenvalue weighted by molar-refractivity contribution is 5.92. The molecule has 6 rings (SSSR count). The first-order valence-corrected chi connectivity index (χ1v) is 14.6. The summed E-state index contributed by atoms with van der Waals surface area (Å²) >= 11 is 0. The van der Waals surface area contributed by atoms with Crippen LogP contribution in [0.25, 0.3) is 28.0 Å². The number of aromatic nitrogens is 4. The third kappa shape index (κ3) is 4.72. The van der Waals surface area contributed by atoms with Crippen LogP contribution in [-0.4, -0.2) is 61.1 Å². The number of hydrogen-bond acceptors (Lipinski definition) is 7. The molecule has 42 heavy (non-hydrogen) atoms. The number of pyridine rings is 2. The van der Waals surface area contributed by atoms with Gasteiger partial charge < -0.3 is 14.9 Å². The zero-order valence-electron chi connectivity index (χ0n) is 24.5. The van der Waals surface area contributed by atoms with Crippen LogP contribution in [0.15, 0.2) is 60.0 Å². The van der Waals surface area contributed by atoms with Crippen molar-refractivity contribution in [2.24, 2.45) is 0 Å². The van der Waals surface area contributed by atoms with Crippen LogP contribution >= 0.6 is 0 Å². The van der Waals surface area contributed by atoms with Crippen molar-refractivity contribution in [1.82, 2.24) is 24.4 Å². The molecule has 1 aliphatic carbocycles. The van der Waals surface area contributed by atoms with Crippen LogP contribution in [0, 0.1) is 6.92 Å². The Labute approximate surface area is 245 Å². The summed E-state index contributed by atoms with van der Waals surface area (Å²) in [6, 6.07) is 11.1. The molecule has 1 saturated carbocycles. The lowest BCUT2D eigenvalue weighted by Crippen LogP contribution is -2.54. The summed E-state index contributed by atoms with van der Waals surface area (Å²) in [6.07, 6.45) is 5.18. The van der Waals surface area contributed by atoms with Gasteiger partial charge in [-0.3, -0.25) is 9.78 Å². The molecule has 4 aromatic rings. The van der Waals surface area contributed by atoms with Crippen LogP contribution in [0.4, 0.5) is 5.82 Å². The van der Waals surface area contributed by atoms with Gasteiger partial charge in [0, 0.05) is 37.4 Å². The Balaban J connectivity index is 1.66. The molecule has 1 amide bonds. The molecule has 3 aromatic heterocycles. The largest absolute Gasteiger partial charge is 0.507 e. The lowest BCUT2D eigenvalue weighted by atomic mass is 9.99. The number of phenols is 1. The second-order valence-corrected chi connectivity index (χ2v) is 11.7. The monoisotopic (exact) mass is 564 g/mol. The number of para-hydroxylation sites is 1. The number of carbonyl (C=O) groups is 1. The first-order valence-electron chi connectivity index (χ1n) is 14.6. The summed E-state index contributed by atoms with van der Waals surface area (Å²) in [4.78, 5) is 45.0. The van der Waals surface area contributed by atoms with Crippen molar-refractivity contribution in [3.63, 3.8) is 0 Å². The molecule has 0 unspecified atom stereocenters. The van der Waals surface area contributed by atoms with E-state index in [2.05, 4.69) is 36.4 Å². The number of fused-ring (bicyclic) bond motifs is 1. The summed E-state index contributed by atoms with van der Waals surface area (Å²) in [5, 5.41) is 11.6. The fourth-order valence-corrected chi connectivity index (χ4v) is 6.05. The molecule has 1 atom stereocenters. The van der Waals surface area contributed by atoms with Gasteiger partial charge in [0.1, 0.15) is 11.6 Å². The van der Waals surface area contributed by atoms with Crippen LogP contribution in [0.5, 0.6) is 5.75 Å². The number of rotatable bonds is 6. The van der Waals surface area contributed by atoms with Gasteiger partial charge in [0.05, 0.1) is 22.5 Å². The van der Waals surface area contributed by atoms with Crippen LogP contribution in [0.3, 0.4) is 0 Å².